The summed E-state index contributed by atoms with van der Waals surface area (Å²) in [5, 5.41) is 9.35. The molecule has 1 heterocycles. The number of aromatic nitrogens is 1. The highest BCUT2D eigenvalue weighted by Crippen LogP contribution is 2.39. The van der Waals surface area contributed by atoms with E-state index in [1.165, 1.54) is 12.1 Å². The Morgan fingerprint density at radius 2 is 1.82 bits per heavy atom. The van der Waals surface area contributed by atoms with Crippen molar-refractivity contribution in [3.05, 3.63) is 44.5 Å². The van der Waals surface area contributed by atoms with E-state index in [-0.39, 0.29) is 0 Å². The van der Waals surface area contributed by atoms with E-state index < -0.39 is 11.7 Å². The molecule has 0 saturated heterocycles. The molecule has 22 heavy (non-hydrogen) atoms. The quantitative estimate of drug-likeness (QED) is 0.579. The summed E-state index contributed by atoms with van der Waals surface area (Å²) >= 11 is 8.30. The van der Waals surface area contributed by atoms with Crippen LogP contribution in [0.2, 0.25) is 0 Å². The third-order valence-electron chi connectivity index (χ3n) is 3.00. The van der Waals surface area contributed by atoms with Crippen molar-refractivity contribution in [2.75, 3.05) is 6.26 Å². The lowest BCUT2D eigenvalue weighted by Crippen LogP contribution is -2.04. The Morgan fingerprint density at radius 3 is 2.27 bits per heavy atom. The smallest absolute Gasteiger partial charge is 0.323 e. The SMILES string of the molecule is CSCn1c(Br)c(Br)c(C#N)c1-c1ccc(C(F)(F)F)cc1. The first-order chi connectivity index (χ1) is 10.3. The van der Waals surface area contributed by atoms with Crippen LogP contribution in [0, 0.1) is 11.3 Å². The standard InChI is InChI=1S/C14H9Br2F3N2S/c1-22-7-21-12(10(6-20)11(15)13(21)16)8-2-4-9(5-3-8)14(17,18)19/h2-5H,7H2,1H3. The molecule has 0 amide bonds. The number of thioether (sulfide) groups is 1. The summed E-state index contributed by atoms with van der Waals surface area (Å²) in [5.41, 5.74) is 0.825. The zero-order chi connectivity index (χ0) is 16.5. The molecular weight excluding hydrogens is 445 g/mol. The first-order valence-corrected chi connectivity index (χ1v) is 8.93. The van der Waals surface area contributed by atoms with E-state index in [1.54, 1.807) is 11.8 Å². The van der Waals surface area contributed by atoms with Gasteiger partial charge in [0.25, 0.3) is 0 Å². The molecule has 2 aromatic rings. The predicted molar refractivity (Wildman–Crippen MR) is 88.5 cm³/mol. The maximum Gasteiger partial charge on any atom is 0.416 e. The van der Waals surface area contributed by atoms with E-state index in [1.807, 2.05) is 10.8 Å². The molecule has 0 aliphatic carbocycles. The van der Waals surface area contributed by atoms with E-state index in [9.17, 15) is 18.4 Å². The van der Waals surface area contributed by atoms with Crippen LogP contribution in [0.1, 0.15) is 11.1 Å². The van der Waals surface area contributed by atoms with Gasteiger partial charge in [-0.2, -0.15) is 18.4 Å². The van der Waals surface area contributed by atoms with Crippen LogP contribution in [0.5, 0.6) is 0 Å². The molecule has 0 fully saturated rings. The highest BCUT2D eigenvalue weighted by atomic mass is 79.9. The number of rotatable bonds is 3. The molecule has 8 heteroatoms. The largest absolute Gasteiger partial charge is 0.416 e. The lowest BCUT2D eigenvalue weighted by atomic mass is 10.1. The molecule has 0 radical (unpaired) electrons. The van der Waals surface area contributed by atoms with E-state index in [2.05, 4.69) is 37.9 Å². The Balaban J connectivity index is 2.61. The molecule has 2 rings (SSSR count). The fraction of sp³-hybridized carbons (Fsp3) is 0.214. The molecule has 0 spiro atoms. The minimum Gasteiger partial charge on any atom is -0.323 e. The van der Waals surface area contributed by atoms with Crippen molar-refractivity contribution in [1.82, 2.24) is 4.57 Å². The van der Waals surface area contributed by atoms with Crippen molar-refractivity contribution in [3.8, 4) is 17.3 Å². The minimum absolute atomic E-state index is 0.390. The van der Waals surface area contributed by atoms with E-state index in [0.717, 1.165) is 12.1 Å². The van der Waals surface area contributed by atoms with Gasteiger partial charge in [-0.05, 0) is 55.8 Å². The summed E-state index contributed by atoms with van der Waals surface area (Å²) in [4.78, 5) is 0. The normalized spacial score (nSPS) is 11.5. The summed E-state index contributed by atoms with van der Waals surface area (Å²) in [6, 6.07) is 6.91. The van der Waals surface area contributed by atoms with Gasteiger partial charge in [0.1, 0.15) is 10.7 Å². The van der Waals surface area contributed by atoms with Gasteiger partial charge in [0.15, 0.2) is 0 Å². The van der Waals surface area contributed by atoms with Gasteiger partial charge < -0.3 is 4.57 Å². The van der Waals surface area contributed by atoms with Crippen LogP contribution in [0.4, 0.5) is 13.2 Å². The van der Waals surface area contributed by atoms with E-state index in [0.29, 0.717) is 31.8 Å². The molecule has 0 N–H and O–H groups in total. The molecule has 1 aromatic heterocycles. The van der Waals surface area contributed by atoms with Crippen molar-refractivity contribution < 1.29 is 13.2 Å². The van der Waals surface area contributed by atoms with E-state index >= 15 is 0 Å². The summed E-state index contributed by atoms with van der Waals surface area (Å²) in [6.07, 6.45) is -2.47. The Morgan fingerprint density at radius 1 is 1.23 bits per heavy atom. The van der Waals surface area contributed by atoms with Crippen molar-refractivity contribution in [3.63, 3.8) is 0 Å². The monoisotopic (exact) mass is 452 g/mol. The third-order valence-corrected chi connectivity index (χ3v) is 5.65. The molecule has 2 nitrogen and oxygen atoms in total. The number of nitrogens with zero attached hydrogens (tertiary/aromatic N) is 2. The fourth-order valence-corrected chi connectivity index (χ4v) is 3.70. The lowest BCUT2D eigenvalue weighted by molar-refractivity contribution is -0.137. The van der Waals surface area contributed by atoms with Crippen LogP contribution in [-0.4, -0.2) is 10.8 Å². The molecule has 0 bridgehead atoms. The second-order valence-corrected chi connectivity index (χ2v) is 6.74. The lowest BCUT2D eigenvalue weighted by Gasteiger charge is -2.11. The number of halogens is 5. The van der Waals surface area contributed by atoms with Gasteiger partial charge in [0.05, 0.1) is 27.2 Å². The molecule has 0 atom stereocenters. The maximum atomic E-state index is 12.7. The van der Waals surface area contributed by atoms with Crippen LogP contribution in [-0.2, 0) is 12.1 Å². The number of nitriles is 1. The van der Waals surface area contributed by atoms with Crippen molar-refractivity contribution in [1.29, 1.82) is 5.26 Å². The molecule has 0 saturated carbocycles. The second-order valence-electron chi connectivity index (χ2n) is 4.36. The second kappa shape index (κ2) is 6.69. The summed E-state index contributed by atoms with van der Waals surface area (Å²) in [6.45, 7) is 0. The number of hydrogen-bond donors (Lipinski definition) is 0. The minimum atomic E-state index is -4.38. The molecule has 0 unspecified atom stereocenters. The predicted octanol–water partition coefficient (Wildman–Crippen LogP) is 5.89. The van der Waals surface area contributed by atoms with Gasteiger partial charge in [-0.15, -0.1) is 11.8 Å². The summed E-state index contributed by atoms with van der Waals surface area (Å²) in [5.74, 6) is 0.567. The molecular formula is C14H9Br2F3N2S. The highest BCUT2D eigenvalue weighted by Gasteiger charge is 2.30. The zero-order valence-electron chi connectivity index (χ0n) is 11.2. The number of benzene rings is 1. The van der Waals surface area contributed by atoms with Gasteiger partial charge in [-0.25, -0.2) is 0 Å². The van der Waals surface area contributed by atoms with Crippen LogP contribution < -0.4 is 0 Å². The molecule has 116 valence electrons. The average Bonchev–Trinajstić information content (AvgIpc) is 2.71. The Hall–Kier alpha value is -0.910. The topological polar surface area (TPSA) is 28.7 Å². The van der Waals surface area contributed by atoms with E-state index in [4.69, 9.17) is 0 Å². The summed E-state index contributed by atoms with van der Waals surface area (Å²) < 4.78 is 41.1. The van der Waals surface area contributed by atoms with Gasteiger partial charge in [-0.3, -0.25) is 0 Å². The van der Waals surface area contributed by atoms with Crippen LogP contribution in [0.3, 0.4) is 0 Å². The van der Waals surface area contributed by atoms with Crippen molar-refractivity contribution in [2.45, 2.75) is 12.1 Å². The first kappa shape index (κ1) is 17.4. The third kappa shape index (κ3) is 3.21. The Kier molecular flexibility index (Phi) is 5.30. The van der Waals surface area contributed by atoms with Crippen LogP contribution in [0.25, 0.3) is 11.3 Å². The summed E-state index contributed by atoms with van der Waals surface area (Å²) in [7, 11) is 0. The van der Waals surface area contributed by atoms with Gasteiger partial charge in [-0.1, -0.05) is 12.1 Å². The van der Waals surface area contributed by atoms with Gasteiger partial charge in [0, 0.05) is 0 Å². The molecule has 0 aliphatic rings. The highest BCUT2D eigenvalue weighted by molar-refractivity contribution is 9.13. The fourth-order valence-electron chi connectivity index (χ4n) is 2.03. The first-order valence-electron chi connectivity index (χ1n) is 5.95. The number of alkyl halides is 3. The average molecular weight is 454 g/mol. The molecule has 0 aliphatic heterocycles. The molecule has 1 aromatic carbocycles. The number of hydrogen-bond acceptors (Lipinski definition) is 2. The van der Waals surface area contributed by atoms with Crippen LogP contribution >= 0.6 is 43.6 Å². The Labute approximate surface area is 146 Å². The van der Waals surface area contributed by atoms with Gasteiger partial charge >= 0.3 is 6.18 Å². The maximum absolute atomic E-state index is 12.7. The van der Waals surface area contributed by atoms with Crippen molar-refractivity contribution in [2.24, 2.45) is 0 Å². The Bertz CT molecular complexity index is 731. The van der Waals surface area contributed by atoms with Crippen molar-refractivity contribution >= 4 is 43.6 Å². The van der Waals surface area contributed by atoms with Crippen LogP contribution in [0.15, 0.2) is 33.3 Å². The zero-order valence-corrected chi connectivity index (χ0v) is 15.2. The van der Waals surface area contributed by atoms with Gasteiger partial charge in [0.2, 0.25) is 0 Å².